The van der Waals surface area contributed by atoms with Gasteiger partial charge in [0.1, 0.15) is 11.4 Å². The van der Waals surface area contributed by atoms with Gasteiger partial charge in [0, 0.05) is 15.6 Å². The van der Waals surface area contributed by atoms with Crippen LogP contribution in [0.3, 0.4) is 0 Å². The third-order valence-corrected chi connectivity index (χ3v) is 8.32. The minimum Gasteiger partial charge on any atom is -0.488 e. The van der Waals surface area contributed by atoms with Gasteiger partial charge in [-0.25, -0.2) is 0 Å². The second-order valence-electron chi connectivity index (χ2n) is 10.3. The maximum absolute atomic E-state index is 14.2. The lowest BCUT2D eigenvalue weighted by Gasteiger charge is -2.28. The third kappa shape index (κ3) is 8.04. The molecule has 0 saturated heterocycles. The highest BCUT2D eigenvalue weighted by molar-refractivity contribution is 7.92. The standard InChI is InChI=1S/C29H33Cl3N2O4S/c1-6-9-19(2)23-17-21(30)13-15-27(23)39(36,37)34(25-18-22(31)12-14-24(25)32)33-28(35)16-20-10-7-8-11-26(20)38-29(3,4)5/h7-8,10-15,17-19H,6,9,16H2,1-5H3,(H,33,35)/t19-/m1/s1. The number of nitrogens with zero attached hydrogens (tertiary/aromatic N) is 1. The van der Waals surface area contributed by atoms with Crippen molar-refractivity contribution < 1.29 is 17.9 Å². The van der Waals surface area contributed by atoms with Gasteiger partial charge in [-0.3, -0.25) is 10.2 Å². The highest BCUT2D eigenvalue weighted by Gasteiger charge is 2.32. The van der Waals surface area contributed by atoms with E-state index < -0.39 is 21.5 Å². The van der Waals surface area contributed by atoms with Gasteiger partial charge in [0.05, 0.1) is 22.0 Å². The van der Waals surface area contributed by atoms with Gasteiger partial charge in [-0.2, -0.15) is 12.8 Å². The number of carbonyl (C=O) groups excluding carboxylic acids is 1. The molecule has 0 spiro atoms. The molecule has 0 aliphatic heterocycles. The maximum Gasteiger partial charge on any atom is 0.282 e. The monoisotopic (exact) mass is 610 g/mol. The summed E-state index contributed by atoms with van der Waals surface area (Å²) in [6.45, 7) is 9.68. The largest absolute Gasteiger partial charge is 0.488 e. The lowest BCUT2D eigenvalue weighted by molar-refractivity contribution is -0.120. The summed E-state index contributed by atoms with van der Waals surface area (Å²) in [6.07, 6.45) is 1.46. The lowest BCUT2D eigenvalue weighted by Crippen LogP contribution is -2.47. The molecule has 0 unspecified atom stereocenters. The zero-order chi connectivity index (χ0) is 29.0. The Morgan fingerprint density at radius 1 is 1.00 bits per heavy atom. The zero-order valence-corrected chi connectivity index (χ0v) is 25.7. The summed E-state index contributed by atoms with van der Waals surface area (Å²) in [5.74, 6) is -0.160. The Balaban J connectivity index is 2.08. The predicted molar refractivity (Wildman–Crippen MR) is 160 cm³/mol. The topological polar surface area (TPSA) is 75.7 Å². The fraction of sp³-hybridized carbons (Fsp3) is 0.345. The van der Waals surface area contributed by atoms with Crippen molar-refractivity contribution in [2.75, 3.05) is 4.41 Å². The summed E-state index contributed by atoms with van der Waals surface area (Å²) < 4.78 is 35.2. The maximum atomic E-state index is 14.2. The van der Waals surface area contributed by atoms with E-state index in [9.17, 15) is 13.2 Å². The molecule has 0 aliphatic rings. The minimum atomic E-state index is -4.36. The molecule has 1 amide bonds. The highest BCUT2D eigenvalue weighted by Crippen LogP contribution is 2.36. The highest BCUT2D eigenvalue weighted by atomic mass is 35.5. The fourth-order valence-corrected chi connectivity index (χ4v) is 6.35. The van der Waals surface area contributed by atoms with E-state index in [0.29, 0.717) is 21.9 Å². The van der Waals surface area contributed by atoms with E-state index in [4.69, 9.17) is 39.5 Å². The number of rotatable bonds is 10. The molecule has 3 aromatic rings. The van der Waals surface area contributed by atoms with Crippen molar-refractivity contribution in [3.05, 3.63) is 86.9 Å². The number of benzene rings is 3. The molecule has 1 N–H and O–H groups in total. The van der Waals surface area contributed by atoms with Gasteiger partial charge in [0.15, 0.2) is 0 Å². The smallest absolute Gasteiger partial charge is 0.282 e. The van der Waals surface area contributed by atoms with E-state index in [1.807, 2.05) is 40.7 Å². The second-order valence-corrected chi connectivity index (χ2v) is 13.3. The van der Waals surface area contributed by atoms with Crippen LogP contribution >= 0.6 is 34.8 Å². The molecular weight excluding hydrogens is 579 g/mol. The van der Waals surface area contributed by atoms with E-state index in [2.05, 4.69) is 5.43 Å². The van der Waals surface area contributed by atoms with Gasteiger partial charge in [-0.15, -0.1) is 0 Å². The van der Waals surface area contributed by atoms with Crippen molar-refractivity contribution in [2.45, 2.75) is 70.3 Å². The summed E-state index contributed by atoms with van der Waals surface area (Å²) in [4.78, 5) is 13.4. The van der Waals surface area contributed by atoms with E-state index in [-0.39, 0.29) is 33.0 Å². The Morgan fingerprint density at radius 3 is 2.31 bits per heavy atom. The zero-order valence-electron chi connectivity index (χ0n) is 22.6. The molecule has 0 bridgehead atoms. The molecular formula is C29H33Cl3N2O4S. The lowest BCUT2D eigenvalue weighted by atomic mass is 9.97. The van der Waals surface area contributed by atoms with Crippen molar-refractivity contribution in [3.8, 4) is 5.75 Å². The van der Waals surface area contributed by atoms with Crippen LogP contribution < -0.4 is 14.6 Å². The SMILES string of the molecule is CCC[C@@H](C)c1cc(Cl)ccc1S(=O)(=O)N(NC(=O)Cc1ccccc1OC(C)(C)C)c1cc(Cl)ccc1Cl. The summed E-state index contributed by atoms with van der Waals surface area (Å²) in [6, 6.07) is 16.1. The van der Waals surface area contributed by atoms with Crippen LogP contribution in [0.25, 0.3) is 0 Å². The van der Waals surface area contributed by atoms with Crippen LogP contribution in [0.2, 0.25) is 15.1 Å². The van der Waals surface area contributed by atoms with Crippen molar-refractivity contribution in [3.63, 3.8) is 0 Å². The Morgan fingerprint density at radius 2 is 1.64 bits per heavy atom. The predicted octanol–water partition coefficient (Wildman–Crippen LogP) is 8.20. The van der Waals surface area contributed by atoms with Crippen LogP contribution in [0.1, 0.15) is 64.5 Å². The van der Waals surface area contributed by atoms with Gasteiger partial charge >= 0.3 is 0 Å². The minimum absolute atomic E-state index is 0.0145. The van der Waals surface area contributed by atoms with Crippen molar-refractivity contribution in [1.29, 1.82) is 0 Å². The van der Waals surface area contributed by atoms with Crippen LogP contribution in [-0.4, -0.2) is 19.9 Å². The summed E-state index contributed by atoms with van der Waals surface area (Å²) in [5, 5.41) is 0.763. The first-order valence-electron chi connectivity index (χ1n) is 12.6. The Bertz CT molecular complexity index is 1440. The van der Waals surface area contributed by atoms with Gasteiger partial charge in [-0.1, -0.05) is 73.3 Å². The molecule has 1 atom stereocenters. The molecule has 0 radical (unpaired) electrons. The molecule has 0 fully saturated rings. The number of hydrogen-bond acceptors (Lipinski definition) is 4. The number of hydrazine groups is 1. The van der Waals surface area contributed by atoms with E-state index in [0.717, 1.165) is 17.3 Å². The van der Waals surface area contributed by atoms with E-state index in [1.165, 1.54) is 30.3 Å². The number of para-hydroxylation sites is 1. The molecule has 6 nitrogen and oxygen atoms in total. The number of halogens is 3. The van der Waals surface area contributed by atoms with Crippen molar-refractivity contribution in [1.82, 2.24) is 5.43 Å². The average Bonchev–Trinajstić information content (AvgIpc) is 2.84. The first-order valence-corrected chi connectivity index (χ1v) is 15.2. The number of carbonyl (C=O) groups is 1. The number of nitrogens with one attached hydrogen (secondary N) is 1. The average molecular weight is 612 g/mol. The number of ether oxygens (including phenoxy) is 1. The molecule has 210 valence electrons. The van der Waals surface area contributed by atoms with Crippen LogP contribution in [0.5, 0.6) is 5.75 Å². The van der Waals surface area contributed by atoms with Crippen LogP contribution in [0.15, 0.2) is 65.6 Å². The third-order valence-electron chi connectivity index (χ3n) is 5.84. The molecule has 3 rings (SSSR count). The van der Waals surface area contributed by atoms with Gasteiger partial charge in [0.2, 0.25) is 5.91 Å². The first-order chi connectivity index (χ1) is 18.2. The number of amides is 1. The van der Waals surface area contributed by atoms with Crippen molar-refractivity contribution >= 4 is 56.4 Å². The van der Waals surface area contributed by atoms with Gasteiger partial charge in [-0.05, 0) is 81.1 Å². The molecule has 0 saturated carbocycles. The summed E-state index contributed by atoms with van der Waals surface area (Å²) in [7, 11) is -4.36. The molecule has 10 heteroatoms. The normalized spacial score (nSPS) is 12.6. The molecule has 3 aromatic carbocycles. The Hall–Kier alpha value is -2.45. The van der Waals surface area contributed by atoms with Gasteiger partial charge in [0.25, 0.3) is 10.0 Å². The molecule has 0 heterocycles. The number of anilines is 1. The summed E-state index contributed by atoms with van der Waals surface area (Å²) >= 11 is 18.9. The second kappa shape index (κ2) is 12.8. The first kappa shape index (κ1) is 31.1. The van der Waals surface area contributed by atoms with E-state index >= 15 is 0 Å². The quantitative estimate of drug-likeness (QED) is 0.235. The molecule has 0 aliphatic carbocycles. The van der Waals surface area contributed by atoms with E-state index in [1.54, 1.807) is 24.3 Å². The number of sulfonamides is 1. The molecule has 39 heavy (non-hydrogen) atoms. The van der Waals surface area contributed by atoms with Crippen molar-refractivity contribution in [2.24, 2.45) is 0 Å². The summed E-state index contributed by atoms with van der Waals surface area (Å²) in [5.41, 5.74) is 3.24. The fourth-order valence-electron chi connectivity index (χ4n) is 4.12. The van der Waals surface area contributed by atoms with Gasteiger partial charge < -0.3 is 4.74 Å². The van der Waals surface area contributed by atoms with Crippen LogP contribution in [-0.2, 0) is 21.2 Å². The molecule has 0 aromatic heterocycles. The Labute approximate surface area is 246 Å². The van der Waals surface area contributed by atoms with Crippen LogP contribution in [0, 0.1) is 0 Å². The Kier molecular flexibility index (Phi) is 10.2. The van der Waals surface area contributed by atoms with Crippen LogP contribution in [0.4, 0.5) is 5.69 Å². The number of hydrogen-bond donors (Lipinski definition) is 1.